The molecule has 116 valence electrons. The molecule has 0 saturated carbocycles. The molecule has 6 nitrogen and oxygen atoms in total. The molecular weight excluding hydrogens is 289 g/mol. The number of rotatable bonds is 6. The van der Waals surface area contributed by atoms with E-state index in [0.29, 0.717) is 5.56 Å². The lowest BCUT2D eigenvalue weighted by atomic mass is 10.2. The number of hydrogen-bond acceptors (Lipinski definition) is 3. The molecule has 0 spiro atoms. The first-order chi connectivity index (χ1) is 10.5. The summed E-state index contributed by atoms with van der Waals surface area (Å²) < 4.78 is 13.7. The van der Waals surface area contributed by atoms with E-state index in [-0.39, 0.29) is 26.2 Å². The van der Waals surface area contributed by atoms with E-state index in [0.717, 1.165) is 4.90 Å². The SMILES string of the molecule is C=CCN(Cc1ccccc1F)C(=O)CN1C(=O)CNC1=O. The molecule has 0 unspecified atom stereocenters. The Morgan fingerprint density at radius 1 is 1.41 bits per heavy atom. The second kappa shape index (κ2) is 6.84. The number of nitrogens with one attached hydrogen (secondary N) is 1. The van der Waals surface area contributed by atoms with Gasteiger partial charge in [-0.15, -0.1) is 6.58 Å². The summed E-state index contributed by atoms with van der Waals surface area (Å²) in [6, 6.07) is 5.52. The monoisotopic (exact) mass is 305 g/mol. The molecule has 1 aliphatic rings. The molecule has 1 N–H and O–H groups in total. The average Bonchev–Trinajstić information content (AvgIpc) is 2.80. The van der Waals surface area contributed by atoms with Gasteiger partial charge in [0, 0.05) is 18.7 Å². The van der Waals surface area contributed by atoms with Crippen molar-refractivity contribution in [2.45, 2.75) is 6.54 Å². The highest BCUT2D eigenvalue weighted by atomic mass is 19.1. The minimum absolute atomic E-state index is 0.0428. The molecule has 1 aliphatic heterocycles. The number of hydrogen-bond donors (Lipinski definition) is 1. The van der Waals surface area contributed by atoms with Gasteiger partial charge >= 0.3 is 6.03 Å². The van der Waals surface area contributed by atoms with Crippen LogP contribution in [0.2, 0.25) is 0 Å². The number of benzene rings is 1. The highest BCUT2D eigenvalue weighted by molar-refractivity contribution is 6.04. The quantitative estimate of drug-likeness (QED) is 0.627. The summed E-state index contributed by atoms with van der Waals surface area (Å²) in [6.07, 6.45) is 1.50. The van der Waals surface area contributed by atoms with E-state index >= 15 is 0 Å². The maximum atomic E-state index is 13.7. The molecule has 1 aromatic rings. The molecule has 1 heterocycles. The van der Waals surface area contributed by atoms with Crippen LogP contribution in [0.1, 0.15) is 5.56 Å². The fourth-order valence-corrected chi connectivity index (χ4v) is 2.09. The molecule has 7 heteroatoms. The van der Waals surface area contributed by atoms with Crippen molar-refractivity contribution in [1.82, 2.24) is 15.1 Å². The molecule has 4 amide bonds. The number of urea groups is 1. The zero-order chi connectivity index (χ0) is 16.1. The van der Waals surface area contributed by atoms with Crippen LogP contribution in [0.4, 0.5) is 9.18 Å². The summed E-state index contributed by atoms with van der Waals surface area (Å²) in [5.41, 5.74) is 0.356. The van der Waals surface area contributed by atoms with Gasteiger partial charge in [-0.3, -0.25) is 14.5 Å². The predicted molar refractivity (Wildman–Crippen MR) is 77.1 cm³/mol. The maximum Gasteiger partial charge on any atom is 0.325 e. The van der Waals surface area contributed by atoms with Crippen LogP contribution in [0.15, 0.2) is 36.9 Å². The smallest absolute Gasteiger partial charge is 0.325 e. The van der Waals surface area contributed by atoms with Gasteiger partial charge in [-0.05, 0) is 6.07 Å². The maximum absolute atomic E-state index is 13.7. The van der Waals surface area contributed by atoms with E-state index in [4.69, 9.17) is 0 Å². The van der Waals surface area contributed by atoms with Crippen molar-refractivity contribution in [3.05, 3.63) is 48.3 Å². The number of nitrogens with zero attached hydrogens (tertiary/aromatic N) is 2. The molecule has 0 bridgehead atoms. The van der Waals surface area contributed by atoms with Crippen molar-refractivity contribution >= 4 is 17.8 Å². The molecule has 0 aliphatic carbocycles. The summed E-state index contributed by atoms with van der Waals surface area (Å²) in [5.74, 6) is -1.32. The molecule has 22 heavy (non-hydrogen) atoms. The van der Waals surface area contributed by atoms with Gasteiger partial charge in [0.05, 0.1) is 6.54 Å². The largest absolute Gasteiger partial charge is 0.333 e. The van der Waals surface area contributed by atoms with E-state index in [2.05, 4.69) is 11.9 Å². The predicted octanol–water partition coefficient (Wildman–Crippen LogP) is 0.892. The average molecular weight is 305 g/mol. The first kappa shape index (κ1) is 15.7. The molecule has 0 radical (unpaired) electrons. The Morgan fingerprint density at radius 2 is 2.14 bits per heavy atom. The van der Waals surface area contributed by atoms with Gasteiger partial charge in [0.2, 0.25) is 5.91 Å². The van der Waals surface area contributed by atoms with Crippen LogP contribution >= 0.6 is 0 Å². The second-order valence-electron chi connectivity index (χ2n) is 4.79. The van der Waals surface area contributed by atoms with Crippen molar-refractivity contribution in [2.75, 3.05) is 19.6 Å². The van der Waals surface area contributed by atoms with E-state index in [1.807, 2.05) is 0 Å². The Morgan fingerprint density at radius 3 is 2.73 bits per heavy atom. The van der Waals surface area contributed by atoms with Crippen molar-refractivity contribution in [2.24, 2.45) is 0 Å². The van der Waals surface area contributed by atoms with E-state index in [9.17, 15) is 18.8 Å². The lowest BCUT2D eigenvalue weighted by Gasteiger charge is -2.23. The van der Waals surface area contributed by atoms with Crippen molar-refractivity contribution in [3.8, 4) is 0 Å². The molecule has 1 fully saturated rings. The van der Waals surface area contributed by atoms with Crippen LogP contribution in [0.5, 0.6) is 0 Å². The Balaban J connectivity index is 2.08. The molecule has 1 aromatic carbocycles. The standard InChI is InChI=1S/C15H16FN3O3/c1-2-7-18(9-11-5-3-4-6-12(11)16)14(21)10-19-13(20)8-17-15(19)22/h2-6H,1,7-10H2,(H,17,22). The summed E-state index contributed by atoms with van der Waals surface area (Å²) in [4.78, 5) is 37.4. The number of imide groups is 1. The van der Waals surface area contributed by atoms with Crippen LogP contribution in [-0.4, -0.2) is 47.3 Å². The number of carbonyl (C=O) groups excluding carboxylic acids is 3. The molecule has 2 rings (SSSR count). The summed E-state index contributed by atoms with van der Waals surface area (Å²) >= 11 is 0. The fraction of sp³-hybridized carbons (Fsp3) is 0.267. The van der Waals surface area contributed by atoms with E-state index < -0.39 is 23.7 Å². The third kappa shape index (κ3) is 3.49. The highest BCUT2D eigenvalue weighted by Crippen LogP contribution is 2.11. The lowest BCUT2D eigenvalue weighted by Crippen LogP contribution is -2.43. The van der Waals surface area contributed by atoms with E-state index in [1.54, 1.807) is 18.2 Å². The van der Waals surface area contributed by atoms with Gasteiger partial charge in [-0.2, -0.15) is 0 Å². The first-order valence-electron chi connectivity index (χ1n) is 6.73. The second-order valence-corrected chi connectivity index (χ2v) is 4.79. The Labute approximate surface area is 127 Å². The summed E-state index contributed by atoms with van der Waals surface area (Å²) in [5, 5.41) is 2.34. The van der Waals surface area contributed by atoms with Gasteiger partial charge in [0.1, 0.15) is 12.4 Å². The normalized spacial score (nSPS) is 14.0. The Kier molecular flexibility index (Phi) is 4.88. The zero-order valence-corrected chi connectivity index (χ0v) is 11.9. The van der Waals surface area contributed by atoms with Gasteiger partial charge in [0.15, 0.2) is 0 Å². The molecule has 0 atom stereocenters. The van der Waals surface area contributed by atoms with Gasteiger partial charge in [0.25, 0.3) is 5.91 Å². The third-order valence-electron chi connectivity index (χ3n) is 3.25. The van der Waals surface area contributed by atoms with Crippen LogP contribution < -0.4 is 5.32 Å². The van der Waals surface area contributed by atoms with Crippen LogP contribution in [-0.2, 0) is 16.1 Å². The highest BCUT2D eigenvalue weighted by Gasteiger charge is 2.31. The molecular formula is C15H16FN3O3. The number of halogens is 1. The minimum Gasteiger partial charge on any atom is -0.333 e. The van der Waals surface area contributed by atoms with Crippen LogP contribution in [0, 0.1) is 5.82 Å². The summed E-state index contributed by atoms with van der Waals surface area (Å²) in [7, 11) is 0. The van der Waals surface area contributed by atoms with Crippen LogP contribution in [0.3, 0.4) is 0 Å². The first-order valence-corrected chi connectivity index (χ1v) is 6.73. The van der Waals surface area contributed by atoms with Crippen molar-refractivity contribution in [1.29, 1.82) is 0 Å². The molecule has 0 aromatic heterocycles. The van der Waals surface area contributed by atoms with E-state index in [1.165, 1.54) is 17.0 Å². The van der Waals surface area contributed by atoms with Gasteiger partial charge < -0.3 is 10.2 Å². The number of carbonyl (C=O) groups is 3. The van der Waals surface area contributed by atoms with Crippen LogP contribution in [0.25, 0.3) is 0 Å². The van der Waals surface area contributed by atoms with Crippen molar-refractivity contribution in [3.63, 3.8) is 0 Å². The number of amides is 4. The lowest BCUT2D eigenvalue weighted by molar-refractivity contribution is -0.136. The Hall–Kier alpha value is -2.70. The Bertz CT molecular complexity index is 602. The summed E-state index contributed by atoms with van der Waals surface area (Å²) in [6.45, 7) is 3.32. The topological polar surface area (TPSA) is 69.7 Å². The fourth-order valence-electron chi connectivity index (χ4n) is 2.09. The minimum atomic E-state index is -0.595. The van der Waals surface area contributed by atoms with Crippen molar-refractivity contribution < 1.29 is 18.8 Å². The third-order valence-corrected chi connectivity index (χ3v) is 3.25. The van der Waals surface area contributed by atoms with Gasteiger partial charge in [-0.1, -0.05) is 24.3 Å². The molecule has 1 saturated heterocycles. The van der Waals surface area contributed by atoms with Gasteiger partial charge in [-0.25, -0.2) is 9.18 Å². The zero-order valence-electron chi connectivity index (χ0n) is 11.9.